The summed E-state index contributed by atoms with van der Waals surface area (Å²) in [4.78, 5) is 32.1. The highest BCUT2D eigenvalue weighted by Crippen LogP contribution is 2.25. The van der Waals surface area contributed by atoms with Gasteiger partial charge in [0.25, 0.3) is 11.8 Å². The van der Waals surface area contributed by atoms with Gasteiger partial charge < -0.3 is 16.0 Å². The van der Waals surface area contributed by atoms with Gasteiger partial charge >= 0.3 is 0 Å². The number of nitrogens with two attached hydrogens (primary N) is 1. The summed E-state index contributed by atoms with van der Waals surface area (Å²) in [6.07, 6.45) is 0. The van der Waals surface area contributed by atoms with Crippen molar-refractivity contribution in [3.8, 4) is 5.69 Å². The summed E-state index contributed by atoms with van der Waals surface area (Å²) >= 11 is 0. The summed E-state index contributed by atoms with van der Waals surface area (Å²) in [5.41, 5.74) is 9.03. The second-order valence-corrected chi connectivity index (χ2v) is 8.32. The van der Waals surface area contributed by atoms with Crippen LogP contribution in [0.15, 0.2) is 71.7 Å². The number of benzene rings is 3. The zero-order valence-corrected chi connectivity index (χ0v) is 18.9. The van der Waals surface area contributed by atoms with E-state index in [0.717, 1.165) is 35.3 Å². The smallest absolute Gasteiger partial charge is 0.274 e. The highest BCUT2D eigenvalue weighted by atomic mass is 16.2. The minimum absolute atomic E-state index is 0.293. The molecule has 3 aromatic carbocycles. The largest absolute Gasteiger partial charge is 0.366 e. The molecule has 0 fully saturated rings. The van der Waals surface area contributed by atoms with Crippen LogP contribution in [0.4, 0.5) is 5.69 Å². The Labute approximate surface area is 196 Å². The molecule has 0 bridgehead atoms. The highest BCUT2D eigenvalue weighted by Gasteiger charge is 2.21. The molecule has 3 N–H and O–H groups in total. The topological polar surface area (TPSA) is 106 Å². The van der Waals surface area contributed by atoms with Crippen LogP contribution in [0.25, 0.3) is 16.5 Å². The van der Waals surface area contributed by atoms with Gasteiger partial charge in [0.15, 0.2) is 0 Å². The molecule has 0 aliphatic carbocycles. The predicted molar refractivity (Wildman–Crippen MR) is 133 cm³/mol. The molecule has 8 nitrogen and oxygen atoms in total. The van der Waals surface area contributed by atoms with Crippen LogP contribution in [-0.2, 0) is 0 Å². The molecule has 2 heterocycles. The van der Waals surface area contributed by atoms with Crippen molar-refractivity contribution in [1.82, 2.24) is 14.7 Å². The lowest BCUT2D eigenvalue weighted by molar-refractivity contribution is 0.0993. The number of aliphatic imine (C=N–C) groups is 1. The number of likely N-dealkylation sites (N-methyl/N-ethyl adjacent to an activating group) is 1. The molecule has 170 valence electrons. The van der Waals surface area contributed by atoms with Crippen LogP contribution in [0.2, 0.25) is 0 Å². The number of carbonyl (C=O) groups is 2. The van der Waals surface area contributed by atoms with Crippen molar-refractivity contribution in [2.24, 2.45) is 10.7 Å². The maximum absolute atomic E-state index is 13.2. The Hall–Kier alpha value is -4.46. The number of anilines is 1. The average Bonchev–Trinajstić information content (AvgIpc) is 3.44. The van der Waals surface area contributed by atoms with Crippen molar-refractivity contribution in [1.29, 1.82) is 0 Å². The Kier molecular flexibility index (Phi) is 5.33. The van der Waals surface area contributed by atoms with Crippen molar-refractivity contribution in [3.05, 3.63) is 89.2 Å². The number of fused-ring (bicyclic) bond motifs is 1. The molecule has 0 saturated heterocycles. The van der Waals surface area contributed by atoms with Gasteiger partial charge in [0.2, 0.25) is 0 Å². The SMILES string of the molecule is Cc1cc(C(=O)Nc2ccc(C3=NCCN3C)cc2)n(-c2cc3ccccc3cc2C(N)=O)n1. The van der Waals surface area contributed by atoms with E-state index < -0.39 is 5.91 Å². The molecule has 0 unspecified atom stereocenters. The minimum Gasteiger partial charge on any atom is -0.366 e. The number of hydrogen-bond donors (Lipinski definition) is 2. The third-order valence-corrected chi connectivity index (χ3v) is 5.88. The van der Waals surface area contributed by atoms with Crippen LogP contribution in [0.5, 0.6) is 0 Å². The first-order chi connectivity index (χ1) is 16.4. The summed E-state index contributed by atoms with van der Waals surface area (Å²) in [6.45, 7) is 3.49. The molecule has 0 atom stereocenters. The molecule has 8 heteroatoms. The number of nitrogens with zero attached hydrogens (tertiary/aromatic N) is 4. The molecule has 34 heavy (non-hydrogen) atoms. The van der Waals surface area contributed by atoms with E-state index in [4.69, 9.17) is 5.73 Å². The fourth-order valence-corrected chi connectivity index (χ4v) is 4.19. The first-order valence-corrected chi connectivity index (χ1v) is 11.0. The number of hydrogen-bond acceptors (Lipinski definition) is 5. The van der Waals surface area contributed by atoms with Gasteiger partial charge in [-0.05, 0) is 60.2 Å². The van der Waals surface area contributed by atoms with Crippen molar-refractivity contribution in [3.63, 3.8) is 0 Å². The number of aromatic nitrogens is 2. The second kappa shape index (κ2) is 8.47. The Morgan fingerprint density at radius 2 is 1.71 bits per heavy atom. The summed E-state index contributed by atoms with van der Waals surface area (Å²) in [6, 6.07) is 20.5. The number of amidine groups is 1. The minimum atomic E-state index is -0.587. The van der Waals surface area contributed by atoms with Crippen LogP contribution < -0.4 is 11.1 Å². The standard InChI is InChI=1S/C26H24N6O2/c1-16-13-23(26(34)29-20-9-7-17(8-10-20)25-28-11-12-31(25)2)32(30-16)22-15-19-6-4-3-5-18(19)14-21(22)24(27)33/h3-10,13-15H,11-12H2,1-2H3,(H2,27,33)(H,29,34). The van der Waals surface area contributed by atoms with E-state index in [2.05, 4.69) is 20.3 Å². The quantitative estimate of drug-likeness (QED) is 0.484. The maximum Gasteiger partial charge on any atom is 0.274 e. The molecule has 2 amide bonds. The van der Waals surface area contributed by atoms with Crippen molar-refractivity contribution in [2.45, 2.75) is 6.92 Å². The molecule has 0 radical (unpaired) electrons. The Morgan fingerprint density at radius 3 is 2.35 bits per heavy atom. The number of rotatable bonds is 5. The third kappa shape index (κ3) is 3.90. The van der Waals surface area contributed by atoms with Gasteiger partial charge in [-0.2, -0.15) is 5.10 Å². The number of aryl methyl sites for hydroxylation is 1. The fraction of sp³-hybridized carbons (Fsp3) is 0.154. The summed E-state index contributed by atoms with van der Waals surface area (Å²) < 4.78 is 1.48. The third-order valence-electron chi connectivity index (χ3n) is 5.88. The molecule has 1 aromatic heterocycles. The van der Waals surface area contributed by atoms with Crippen LogP contribution in [-0.4, -0.2) is 52.5 Å². The second-order valence-electron chi connectivity index (χ2n) is 8.32. The number of amides is 2. The van der Waals surface area contributed by atoms with Crippen LogP contribution >= 0.6 is 0 Å². The Bertz CT molecular complexity index is 1450. The summed E-state index contributed by atoms with van der Waals surface area (Å²) in [7, 11) is 2.01. The summed E-state index contributed by atoms with van der Waals surface area (Å²) in [5.74, 6) is 0.0183. The van der Waals surface area contributed by atoms with Crippen LogP contribution in [0.1, 0.15) is 32.1 Å². The maximum atomic E-state index is 13.2. The first-order valence-electron chi connectivity index (χ1n) is 11.0. The van der Waals surface area contributed by atoms with E-state index in [9.17, 15) is 9.59 Å². The number of primary amides is 1. The highest BCUT2D eigenvalue weighted by molar-refractivity contribution is 6.06. The van der Waals surface area contributed by atoms with E-state index in [1.54, 1.807) is 19.1 Å². The molecular weight excluding hydrogens is 428 g/mol. The molecule has 1 aliphatic rings. The van der Waals surface area contributed by atoms with E-state index in [1.165, 1.54) is 4.68 Å². The lowest BCUT2D eigenvalue weighted by Gasteiger charge is -2.14. The number of nitrogens with one attached hydrogen (secondary N) is 1. The van der Waals surface area contributed by atoms with Gasteiger partial charge in [-0.25, -0.2) is 4.68 Å². The Morgan fingerprint density at radius 1 is 1.00 bits per heavy atom. The van der Waals surface area contributed by atoms with Crippen molar-refractivity contribution >= 4 is 34.1 Å². The lowest BCUT2D eigenvalue weighted by atomic mass is 10.0. The zero-order valence-electron chi connectivity index (χ0n) is 18.9. The number of carbonyl (C=O) groups excluding carboxylic acids is 2. The van der Waals surface area contributed by atoms with Gasteiger partial charge in [-0.15, -0.1) is 0 Å². The molecule has 0 saturated carbocycles. The first kappa shape index (κ1) is 21.4. The Balaban J connectivity index is 1.48. The van der Waals surface area contributed by atoms with Crippen molar-refractivity contribution in [2.75, 3.05) is 25.5 Å². The average molecular weight is 453 g/mol. The van der Waals surface area contributed by atoms with E-state index >= 15 is 0 Å². The van der Waals surface area contributed by atoms with Gasteiger partial charge in [-0.1, -0.05) is 24.3 Å². The normalized spacial score (nSPS) is 13.2. The van der Waals surface area contributed by atoms with Gasteiger partial charge in [0, 0.05) is 24.8 Å². The predicted octanol–water partition coefficient (Wildman–Crippen LogP) is 3.38. The van der Waals surface area contributed by atoms with E-state index in [0.29, 0.717) is 28.3 Å². The van der Waals surface area contributed by atoms with Crippen LogP contribution in [0.3, 0.4) is 0 Å². The molecule has 4 aromatic rings. The van der Waals surface area contributed by atoms with Gasteiger partial charge in [-0.3, -0.25) is 14.6 Å². The fourth-order valence-electron chi connectivity index (χ4n) is 4.19. The molecular formula is C26H24N6O2. The molecule has 1 aliphatic heterocycles. The van der Waals surface area contributed by atoms with Gasteiger partial charge in [0.05, 0.1) is 23.5 Å². The van der Waals surface area contributed by atoms with Crippen LogP contribution in [0, 0.1) is 6.92 Å². The zero-order chi connectivity index (χ0) is 23.8. The lowest BCUT2D eigenvalue weighted by Crippen LogP contribution is -2.23. The van der Waals surface area contributed by atoms with E-state index in [-0.39, 0.29) is 5.91 Å². The summed E-state index contributed by atoms with van der Waals surface area (Å²) in [5, 5.41) is 9.22. The van der Waals surface area contributed by atoms with Crippen molar-refractivity contribution < 1.29 is 9.59 Å². The van der Waals surface area contributed by atoms with Gasteiger partial charge in [0.1, 0.15) is 11.5 Å². The molecule has 0 spiro atoms. The molecule has 5 rings (SSSR count). The monoisotopic (exact) mass is 452 g/mol. The van der Waals surface area contributed by atoms with E-state index in [1.807, 2.05) is 61.6 Å².